The van der Waals surface area contributed by atoms with E-state index in [0.29, 0.717) is 6.04 Å². The van der Waals surface area contributed by atoms with E-state index in [1.165, 1.54) is 37.2 Å². The monoisotopic (exact) mass is 309 g/mol. The second kappa shape index (κ2) is 8.02. The molecule has 21 heavy (non-hydrogen) atoms. The van der Waals surface area contributed by atoms with Crippen LogP contribution in [0.5, 0.6) is 0 Å². The van der Waals surface area contributed by atoms with Crippen molar-refractivity contribution in [3.63, 3.8) is 0 Å². The van der Waals surface area contributed by atoms with E-state index in [0.717, 1.165) is 24.5 Å². The Balaban J connectivity index is 1.98. The summed E-state index contributed by atoms with van der Waals surface area (Å²) in [5.41, 5.74) is 2.42. The summed E-state index contributed by atoms with van der Waals surface area (Å²) in [5.74, 6) is 0. The second-order valence-electron chi connectivity index (χ2n) is 6.10. The number of nitrogens with zero attached hydrogens (tertiary/aromatic N) is 2. The summed E-state index contributed by atoms with van der Waals surface area (Å²) in [7, 11) is 4.39. The molecular weight excluding hydrogens is 282 g/mol. The van der Waals surface area contributed by atoms with Gasteiger partial charge in [0.2, 0.25) is 0 Å². The standard InChI is InChI=1S/C17H28ClN3/c1-4-9-19-13-14-5-6-16(12-17(14)18)21(3)15-7-10-20(2)11-8-15/h5-6,12,15,19H,4,7-11,13H2,1-3H3. The highest BCUT2D eigenvalue weighted by atomic mass is 35.5. The minimum atomic E-state index is 0.626. The van der Waals surface area contributed by atoms with Crippen LogP contribution in [0.1, 0.15) is 31.7 Å². The van der Waals surface area contributed by atoms with Crippen molar-refractivity contribution in [3.8, 4) is 0 Å². The van der Waals surface area contributed by atoms with Crippen molar-refractivity contribution >= 4 is 17.3 Å². The maximum Gasteiger partial charge on any atom is 0.0471 e. The number of likely N-dealkylation sites (tertiary alicyclic amines) is 1. The van der Waals surface area contributed by atoms with Crippen LogP contribution < -0.4 is 10.2 Å². The minimum Gasteiger partial charge on any atom is -0.371 e. The molecular formula is C17H28ClN3. The van der Waals surface area contributed by atoms with Crippen LogP contribution in [0.25, 0.3) is 0 Å². The van der Waals surface area contributed by atoms with Crippen molar-refractivity contribution in [1.29, 1.82) is 0 Å². The highest BCUT2D eigenvalue weighted by Gasteiger charge is 2.21. The quantitative estimate of drug-likeness (QED) is 0.813. The fourth-order valence-corrected chi connectivity index (χ4v) is 3.13. The van der Waals surface area contributed by atoms with Crippen molar-refractivity contribution in [3.05, 3.63) is 28.8 Å². The first-order chi connectivity index (χ1) is 10.1. The van der Waals surface area contributed by atoms with Gasteiger partial charge in [0.15, 0.2) is 0 Å². The lowest BCUT2D eigenvalue weighted by atomic mass is 10.0. The third kappa shape index (κ3) is 4.60. The summed E-state index contributed by atoms with van der Waals surface area (Å²) < 4.78 is 0. The van der Waals surface area contributed by atoms with Crippen LogP contribution in [0.3, 0.4) is 0 Å². The molecule has 0 spiro atoms. The summed E-state index contributed by atoms with van der Waals surface area (Å²) in [5, 5.41) is 4.28. The van der Waals surface area contributed by atoms with Crippen LogP contribution in [0.4, 0.5) is 5.69 Å². The smallest absolute Gasteiger partial charge is 0.0471 e. The highest BCUT2D eigenvalue weighted by Crippen LogP contribution is 2.26. The normalized spacial score (nSPS) is 17.1. The second-order valence-corrected chi connectivity index (χ2v) is 6.51. The predicted octanol–water partition coefficient (Wildman–Crippen LogP) is 3.37. The molecule has 1 fully saturated rings. The van der Waals surface area contributed by atoms with Gasteiger partial charge in [0.05, 0.1) is 0 Å². The molecule has 0 atom stereocenters. The molecule has 1 aromatic carbocycles. The van der Waals surface area contributed by atoms with Crippen LogP contribution in [0.2, 0.25) is 5.02 Å². The molecule has 1 N–H and O–H groups in total. The molecule has 4 heteroatoms. The molecule has 0 amide bonds. The molecule has 1 aromatic rings. The van der Waals surface area contributed by atoms with Gasteiger partial charge in [-0.25, -0.2) is 0 Å². The van der Waals surface area contributed by atoms with Gasteiger partial charge in [0, 0.05) is 30.3 Å². The summed E-state index contributed by atoms with van der Waals surface area (Å²) in [6.45, 7) is 6.43. The predicted molar refractivity (Wildman–Crippen MR) is 92.4 cm³/mol. The summed E-state index contributed by atoms with van der Waals surface area (Å²) >= 11 is 6.44. The molecule has 1 aliphatic heterocycles. The number of piperidine rings is 1. The van der Waals surface area contributed by atoms with Crippen LogP contribution in [-0.2, 0) is 6.54 Å². The number of halogens is 1. The Morgan fingerprint density at radius 1 is 1.33 bits per heavy atom. The Morgan fingerprint density at radius 2 is 2.05 bits per heavy atom. The van der Waals surface area contributed by atoms with Crippen LogP contribution in [0, 0.1) is 0 Å². The van der Waals surface area contributed by atoms with E-state index < -0.39 is 0 Å². The van der Waals surface area contributed by atoms with Crippen LogP contribution in [0.15, 0.2) is 18.2 Å². The largest absolute Gasteiger partial charge is 0.371 e. The van der Waals surface area contributed by atoms with Gasteiger partial charge in [-0.05, 0) is 63.6 Å². The highest BCUT2D eigenvalue weighted by molar-refractivity contribution is 6.31. The number of nitrogens with one attached hydrogen (secondary N) is 1. The zero-order chi connectivity index (χ0) is 15.2. The zero-order valence-electron chi connectivity index (χ0n) is 13.5. The topological polar surface area (TPSA) is 18.5 Å². The first-order valence-corrected chi connectivity index (χ1v) is 8.40. The average molecular weight is 310 g/mol. The summed E-state index contributed by atoms with van der Waals surface area (Å²) in [6.07, 6.45) is 3.60. The number of hydrogen-bond donors (Lipinski definition) is 1. The molecule has 3 nitrogen and oxygen atoms in total. The molecule has 1 saturated heterocycles. The van der Waals surface area contributed by atoms with E-state index in [-0.39, 0.29) is 0 Å². The van der Waals surface area contributed by atoms with E-state index in [1.54, 1.807) is 0 Å². The third-order valence-corrected chi connectivity index (χ3v) is 4.77. The van der Waals surface area contributed by atoms with E-state index in [9.17, 15) is 0 Å². The lowest BCUT2D eigenvalue weighted by Gasteiger charge is -2.36. The average Bonchev–Trinajstić information content (AvgIpc) is 2.49. The van der Waals surface area contributed by atoms with Gasteiger partial charge >= 0.3 is 0 Å². The van der Waals surface area contributed by atoms with E-state index in [4.69, 9.17) is 11.6 Å². The molecule has 118 valence electrons. The van der Waals surface area contributed by atoms with Gasteiger partial charge < -0.3 is 15.1 Å². The summed E-state index contributed by atoms with van der Waals surface area (Å²) in [6, 6.07) is 7.10. The van der Waals surface area contributed by atoms with Gasteiger partial charge in [-0.15, -0.1) is 0 Å². The van der Waals surface area contributed by atoms with Gasteiger partial charge in [-0.3, -0.25) is 0 Å². The van der Waals surface area contributed by atoms with Crippen molar-refractivity contribution in [1.82, 2.24) is 10.2 Å². The van der Waals surface area contributed by atoms with Crippen molar-refractivity contribution in [2.45, 2.75) is 38.8 Å². The Kier molecular flexibility index (Phi) is 6.34. The molecule has 2 rings (SSSR count). The fraction of sp³-hybridized carbons (Fsp3) is 0.647. The van der Waals surface area contributed by atoms with E-state index in [2.05, 4.69) is 54.3 Å². The number of benzene rings is 1. The number of anilines is 1. The van der Waals surface area contributed by atoms with Crippen molar-refractivity contribution in [2.24, 2.45) is 0 Å². The molecule has 0 aromatic heterocycles. The van der Waals surface area contributed by atoms with Crippen molar-refractivity contribution < 1.29 is 0 Å². The Hall–Kier alpha value is -0.770. The van der Waals surface area contributed by atoms with Gasteiger partial charge in [0.25, 0.3) is 0 Å². The maximum atomic E-state index is 6.44. The molecule has 0 radical (unpaired) electrons. The maximum absolute atomic E-state index is 6.44. The van der Waals surface area contributed by atoms with Gasteiger partial charge in [0.1, 0.15) is 0 Å². The lowest BCUT2D eigenvalue weighted by Crippen LogP contribution is -2.42. The minimum absolute atomic E-state index is 0.626. The van der Waals surface area contributed by atoms with E-state index >= 15 is 0 Å². The van der Waals surface area contributed by atoms with Gasteiger partial charge in [-0.1, -0.05) is 24.6 Å². The molecule has 0 bridgehead atoms. The van der Waals surface area contributed by atoms with Crippen molar-refractivity contribution in [2.75, 3.05) is 38.6 Å². The first kappa shape index (κ1) is 16.6. The Labute approximate surface area is 134 Å². The molecule has 0 aliphatic carbocycles. The molecule has 0 unspecified atom stereocenters. The lowest BCUT2D eigenvalue weighted by molar-refractivity contribution is 0.253. The first-order valence-electron chi connectivity index (χ1n) is 8.02. The fourth-order valence-electron chi connectivity index (χ4n) is 2.89. The van der Waals surface area contributed by atoms with Gasteiger partial charge in [-0.2, -0.15) is 0 Å². The zero-order valence-corrected chi connectivity index (χ0v) is 14.3. The Morgan fingerprint density at radius 3 is 2.67 bits per heavy atom. The third-order valence-electron chi connectivity index (χ3n) is 4.42. The SMILES string of the molecule is CCCNCc1ccc(N(C)C2CCN(C)CC2)cc1Cl. The number of rotatable bonds is 6. The van der Waals surface area contributed by atoms with Crippen LogP contribution >= 0.6 is 11.6 Å². The van der Waals surface area contributed by atoms with E-state index in [1.807, 2.05) is 0 Å². The molecule has 1 heterocycles. The number of hydrogen-bond acceptors (Lipinski definition) is 3. The van der Waals surface area contributed by atoms with Crippen LogP contribution in [-0.4, -0.2) is 44.7 Å². The summed E-state index contributed by atoms with van der Waals surface area (Å²) in [4.78, 5) is 4.79. The Bertz CT molecular complexity index is 442. The molecule has 1 aliphatic rings. The molecule has 0 saturated carbocycles.